The molecule has 1 aromatic rings. The SMILES string of the molecule is C=C(/C=C1/CNCCC/C1=C/C)N1CCCC1=O.CC.NS(=O)(=O)/C=C/c1ccc(Cl)cc1. The molecule has 3 rings (SSSR count). The van der Waals surface area contributed by atoms with Crippen LogP contribution in [0.25, 0.3) is 6.08 Å². The average molecular weight is 494 g/mol. The Hall–Kier alpha value is -2.19. The molecule has 182 valence electrons. The molecule has 0 aliphatic carbocycles. The minimum Gasteiger partial charge on any atom is -0.313 e. The molecule has 8 heteroatoms. The highest BCUT2D eigenvalue weighted by atomic mass is 35.5. The van der Waals surface area contributed by atoms with Gasteiger partial charge in [-0.25, -0.2) is 13.6 Å². The first-order chi connectivity index (χ1) is 15.7. The summed E-state index contributed by atoms with van der Waals surface area (Å²) in [4.78, 5) is 13.5. The molecule has 0 bridgehead atoms. The maximum atomic E-state index is 11.7. The predicted octanol–water partition coefficient (Wildman–Crippen LogP) is 5.00. The van der Waals surface area contributed by atoms with Gasteiger partial charge in [0.2, 0.25) is 15.9 Å². The third-order valence-corrected chi connectivity index (χ3v) is 5.72. The van der Waals surface area contributed by atoms with Gasteiger partial charge in [-0.2, -0.15) is 0 Å². The molecule has 0 atom stereocenters. The molecule has 3 N–H and O–H groups in total. The summed E-state index contributed by atoms with van der Waals surface area (Å²) in [6.07, 6.45) is 9.57. The number of hydrogen-bond acceptors (Lipinski definition) is 4. The first-order valence-corrected chi connectivity index (χ1v) is 13.2. The summed E-state index contributed by atoms with van der Waals surface area (Å²) in [6, 6.07) is 6.74. The van der Waals surface area contributed by atoms with Gasteiger partial charge >= 0.3 is 0 Å². The van der Waals surface area contributed by atoms with Crippen molar-refractivity contribution in [2.45, 2.75) is 46.5 Å². The van der Waals surface area contributed by atoms with E-state index >= 15 is 0 Å². The summed E-state index contributed by atoms with van der Waals surface area (Å²) < 4.78 is 21.1. The van der Waals surface area contributed by atoms with Crippen molar-refractivity contribution in [1.82, 2.24) is 10.2 Å². The van der Waals surface area contributed by atoms with Gasteiger partial charge in [0.15, 0.2) is 0 Å². The highest BCUT2D eigenvalue weighted by Gasteiger charge is 2.22. The first kappa shape index (κ1) is 28.8. The second-order valence-corrected chi connectivity index (χ2v) is 9.23. The molecule has 1 amide bonds. The second-order valence-electron chi connectivity index (χ2n) is 7.35. The second kappa shape index (κ2) is 14.9. The molecule has 0 saturated carbocycles. The van der Waals surface area contributed by atoms with Gasteiger partial charge in [-0.1, -0.05) is 50.2 Å². The van der Waals surface area contributed by atoms with Crippen molar-refractivity contribution in [3.63, 3.8) is 0 Å². The van der Waals surface area contributed by atoms with Crippen LogP contribution in [-0.4, -0.2) is 38.9 Å². The number of likely N-dealkylation sites (tertiary alicyclic amines) is 1. The van der Waals surface area contributed by atoms with Crippen LogP contribution in [0.4, 0.5) is 0 Å². The lowest BCUT2D eigenvalue weighted by atomic mass is 10.0. The fraction of sp³-hybridized carbons (Fsp3) is 0.400. The normalized spacial score (nSPS) is 19.1. The van der Waals surface area contributed by atoms with Crippen LogP contribution in [0.3, 0.4) is 0 Å². The fourth-order valence-electron chi connectivity index (χ4n) is 3.35. The van der Waals surface area contributed by atoms with Crippen LogP contribution in [0.1, 0.15) is 52.0 Å². The number of amides is 1. The number of nitrogens with two attached hydrogens (primary N) is 1. The van der Waals surface area contributed by atoms with Crippen molar-refractivity contribution in [3.8, 4) is 0 Å². The Balaban J connectivity index is 0.000000322. The van der Waals surface area contributed by atoms with Gasteiger partial charge in [-0.3, -0.25) is 4.79 Å². The largest absolute Gasteiger partial charge is 0.313 e. The van der Waals surface area contributed by atoms with E-state index in [1.165, 1.54) is 23.6 Å². The number of primary sulfonamides is 1. The number of rotatable bonds is 4. The van der Waals surface area contributed by atoms with Gasteiger partial charge < -0.3 is 10.2 Å². The Labute approximate surface area is 203 Å². The molecule has 2 heterocycles. The molecule has 2 aliphatic rings. The molecule has 2 saturated heterocycles. The zero-order valence-corrected chi connectivity index (χ0v) is 21.4. The third kappa shape index (κ3) is 11.0. The summed E-state index contributed by atoms with van der Waals surface area (Å²) in [6.45, 7) is 12.9. The highest BCUT2D eigenvalue weighted by Crippen LogP contribution is 2.22. The molecule has 0 radical (unpaired) electrons. The van der Waals surface area contributed by atoms with E-state index in [1.807, 2.05) is 18.7 Å². The first-order valence-electron chi connectivity index (χ1n) is 11.2. The van der Waals surface area contributed by atoms with Gasteiger partial charge in [0.25, 0.3) is 0 Å². The van der Waals surface area contributed by atoms with Crippen molar-refractivity contribution < 1.29 is 13.2 Å². The van der Waals surface area contributed by atoms with E-state index in [-0.39, 0.29) is 5.91 Å². The van der Waals surface area contributed by atoms with E-state index in [0.29, 0.717) is 11.4 Å². The smallest absolute Gasteiger partial charge is 0.231 e. The lowest BCUT2D eigenvalue weighted by Crippen LogP contribution is -2.23. The molecule has 0 unspecified atom stereocenters. The van der Waals surface area contributed by atoms with E-state index in [1.54, 1.807) is 24.3 Å². The number of carbonyl (C=O) groups is 1. The number of carbonyl (C=O) groups excluding carboxylic acids is 1. The summed E-state index contributed by atoms with van der Waals surface area (Å²) >= 11 is 5.63. The summed E-state index contributed by atoms with van der Waals surface area (Å²) in [7, 11) is -3.55. The Morgan fingerprint density at radius 3 is 2.36 bits per heavy atom. The number of sulfonamides is 1. The lowest BCUT2D eigenvalue weighted by Gasteiger charge is -2.17. The highest BCUT2D eigenvalue weighted by molar-refractivity contribution is 7.92. The van der Waals surface area contributed by atoms with Crippen molar-refractivity contribution in [3.05, 3.63) is 75.8 Å². The van der Waals surface area contributed by atoms with Gasteiger partial charge in [-0.15, -0.1) is 0 Å². The molecule has 0 aromatic heterocycles. The van der Waals surface area contributed by atoms with E-state index in [4.69, 9.17) is 16.7 Å². The quantitative estimate of drug-likeness (QED) is 0.617. The van der Waals surface area contributed by atoms with Crippen LogP contribution in [0.5, 0.6) is 0 Å². The number of nitrogens with zero attached hydrogens (tertiary/aromatic N) is 1. The molecule has 0 spiro atoms. The topological polar surface area (TPSA) is 92.5 Å². The third-order valence-electron chi connectivity index (χ3n) is 4.96. The molecule has 2 aliphatic heterocycles. The summed E-state index contributed by atoms with van der Waals surface area (Å²) in [5.41, 5.74) is 4.24. The minimum absolute atomic E-state index is 0.209. The maximum Gasteiger partial charge on any atom is 0.231 e. The Kier molecular flexibility index (Phi) is 13.0. The standard InChI is InChI=1S/C15H22N2O.C8H8ClNO2S.C2H6/c1-3-13-6-4-8-16-11-14(13)10-12(2)17-9-5-7-15(17)18;9-8-3-1-7(2-4-8)5-6-13(10,11)12;1-2/h3,10,16H,2,4-9,11H2,1H3;1-6H,(H2,10,11,12);1-2H3/b13-3-,14-10-;6-5+;. The van der Waals surface area contributed by atoms with Crippen molar-refractivity contribution >= 4 is 33.6 Å². The average Bonchev–Trinajstić information content (AvgIpc) is 3.09. The van der Waals surface area contributed by atoms with Crippen molar-refractivity contribution in [1.29, 1.82) is 0 Å². The molecule has 33 heavy (non-hydrogen) atoms. The molecular weight excluding hydrogens is 458 g/mol. The van der Waals surface area contributed by atoms with Crippen LogP contribution in [0, 0.1) is 0 Å². The van der Waals surface area contributed by atoms with Crippen LogP contribution >= 0.6 is 11.6 Å². The summed E-state index contributed by atoms with van der Waals surface area (Å²) in [5, 5.41) is 9.73. The van der Waals surface area contributed by atoms with E-state index in [2.05, 4.69) is 31.0 Å². The zero-order chi connectivity index (χ0) is 24.9. The van der Waals surface area contributed by atoms with E-state index in [0.717, 1.165) is 49.1 Å². The van der Waals surface area contributed by atoms with Gasteiger partial charge in [0.05, 0.1) is 0 Å². The number of benzene rings is 1. The van der Waals surface area contributed by atoms with E-state index < -0.39 is 10.0 Å². The fourth-order valence-corrected chi connectivity index (χ4v) is 3.83. The van der Waals surface area contributed by atoms with Crippen molar-refractivity contribution in [2.24, 2.45) is 5.14 Å². The van der Waals surface area contributed by atoms with Gasteiger partial charge in [0, 0.05) is 35.6 Å². The number of halogens is 1. The Morgan fingerprint density at radius 1 is 1.15 bits per heavy atom. The molecular formula is C25H36ClN3O3S. The van der Waals surface area contributed by atoms with Crippen LogP contribution < -0.4 is 10.5 Å². The molecule has 2 fully saturated rings. The minimum atomic E-state index is -3.55. The predicted molar refractivity (Wildman–Crippen MR) is 139 cm³/mol. The van der Waals surface area contributed by atoms with Crippen molar-refractivity contribution in [2.75, 3.05) is 19.6 Å². The Bertz CT molecular complexity index is 981. The molecule has 6 nitrogen and oxygen atoms in total. The summed E-state index contributed by atoms with van der Waals surface area (Å²) in [5.74, 6) is 0.209. The Morgan fingerprint density at radius 2 is 1.82 bits per heavy atom. The number of allylic oxidation sites excluding steroid dienone is 2. The van der Waals surface area contributed by atoms with E-state index in [9.17, 15) is 13.2 Å². The van der Waals surface area contributed by atoms with Gasteiger partial charge in [0.1, 0.15) is 0 Å². The molecule has 1 aromatic carbocycles. The van der Waals surface area contributed by atoms with Gasteiger partial charge in [-0.05, 0) is 73.7 Å². The lowest BCUT2D eigenvalue weighted by molar-refractivity contribution is -0.125. The maximum absolute atomic E-state index is 11.7. The monoisotopic (exact) mass is 493 g/mol. The van der Waals surface area contributed by atoms with Crippen LogP contribution in [0.15, 0.2) is 65.2 Å². The van der Waals surface area contributed by atoms with Crippen LogP contribution in [-0.2, 0) is 14.8 Å². The number of nitrogens with one attached hydrogen (secondary N) is 1. The number of hydrogen-bond donors (Lipinski definition) is 2. The zero-order valence-electron chi connectivity index (χ0n) is 19.8. The van der Waals surface area contributed by atoms with Crippen LogP contribution in [0.2, 0.25) is 5.02 Å².